The van der Waals surface area contributed by atoms with Gasteiger partial charge in [0.05, 0.1) is 11.4 Å². The van der Waals surface area contributed by atoms with Crippen LogP contribution in [0, 0.1) is 6.92 Å². The van der Waals surface area contributed by atoms with Crippen molar-refractivity contribution in [3.63, 3.8) is 0 Å². The van der Waals surface area contributed by atoms with E-state index in [4.69, 9.17) is 0 Å². The average molecular weight is 366 g/mol. The van der Waals surface area contributed by atoms with Crippen LogP contribution in [0.1, 0.15) is 45.4 Å². The fraction of sp³-hybridized carbons (Fsp3) is 0.350. The third-order valence-electron chi connectivity index (χ3n) is 4.95. The summed E-state index contributed by atoms with van der Waals surface area (Å²) in [7, 11) is 0. The quantitative estimate of drug-likeness (QED) is 0.707. The first-order chi connectivity index (χ1) is 12.7. The van der Waals surface area contributed by atoms with E-state index in [1.165, 1.54) is 11.3 Å². The first-order valence-corrected chi connectivity index (χ1v) is 9.83. The second-order valence-electron chi connectivity index (χ2n) is 6.80. The second kappa shape index (κ2) is 7.41. The van der Waals surface area contributed by atoms with Gasteiger partial charge in [-0.15, -0.1) is 11.3 Å². The Morgan fingerprint density at radius 2 is 2.27 bits per heavy atom. The minimum atomic E-state index is 0.160. The van der Waals surface area contributed by atoms with Gasteiger partial charge in [0.1, 0.15) is 5.82 Å². The Morgan fingerprint density at radius 3 is 3.04 bits per heavy atom. The van der Waals surface area contributed by atoms with Gasteiger partial charge in [-0.3, -0.25) is 9.78 Å². The number of hydrogen-bond donors (Lipinski definition) is 0. The number of nitrogens with zero attached hydrogens (tertiary/aromatic N) is 4. The zero-order chi connectivity index (χ0) is 17.9. The molecule has 0 aliphatic carbocycles. The molecule has 1 atom stereocenters. The fourth-order valence-corrected chi connectivity index (χ4v) is 4.50. The molecule has 4 heterocycles. The Labute approximate surface area is 157 Å². The maximum atomic E-state index is 12.9. The highest BCUT2D eigenvalue weighted by Crippen LogP contribution is 2.28. The number of aromatic nitrogens is 3. The van der Waals surface area contributed by atoms with E-state index in [0.29, 0.717) is 0 Å². The second-order valence-corrected chi connectivity index (χ2v) is 7.71. The summed E-state index contributed by atoms with van der Waals surface area (Å²) in [4.78, 5) is 24.5. The lowest BCUT2D eigenvalue weighted by Crippen LogP contribution is -2.39. The van der Waals surface area contributed by atoms with Crippen molar-refractivity contribution >= 4 is 17.2 Å². The number of amides is 1. The van der Waals surface area contributed by atoms with Crippen LogP contribution in [0.5, 0.6) is 0 Å². The minimum absolute atomic E-state index is 0.160. The van der Waals surface area contributed by atoms with Crippen molar-refractivity contribution in [2.45, 2.75) is 32.2 Å². The first kappa shape index (κ1) is 17.0. The topological polar surface area (TPSA) is 51.0 Å². The van der Waals surface area contributed by atoms with Crippen LogP contribution in [-0.2, 0) is 6.54 Å². The molecular weight excluding hydrogens is 344 g/mol. The van der Waals surface area contributed by atoms with Crippen molar-refractivity contribution in [3.05, 3.63) is 70.2 Å². The molecule has 1 amide bonds. The van der Waals surface area contributed by atoms with E-state index in [9.17, 15) is 4.79 Å². The number of thiophene rings is 1. The molecular formula is C20H22N4OS. The summed E-state index contributed by atoms with van der Waals surface area (Å²) >= 11 is 1.54. The van der Waals surface area contributed by atoms with E-state index in [0.717, 1.165) is 54.3 Å². The predicted molar refractivity (Wildman–Crippen MR) is 103 cm³/mol. The van der Waals surface area contributed by atoms with Crippen molar-refractivity contribution in [3.8, 4) is 0 Å². The molecule has 0 N–H and O–H groups in total. The molecule has 1 aliphatic heterocycles. The summed E-state index contributed by atoms with van der Waals surface area (Å²) in [5, 5.41) is 1.99. The van der Waals surface area contributed by atoms with E-state index in [1.807, 2.05) is 47.9 Å². The summed E-state index contributed by atoms with van der Waals surface area (Å²) in [6.07, 6.45) is 9.63. The van der Waals surface area contributed by atoms with Gasteiger partial charge in [-0.1, -0.05) is 6.07 Å². The van der Waals surface area contributed by atoms with Gasteiger partial charge in [-0.05, 0) is 48.4 Å². The molecule has 134 valence electrons. The van der Waals surface area contributed by atoms with Crippen LogP contribution in [0.4, 0.5) is 0 Å². The lowest BCUT2D eigenvalue weighted by atomic mass is 9.96. The smallest absolute Gasteiger partial charge is 0.264 e. The third-order valence-corrected chi connectivity index (χ3v) is 5.96. The molecule has 3 aromatic heterocycles. The largest absolute Gasteiger partial charge is 0.337 e. The summed E-state index contributed by atoms with van der Waals surface area (Å²) in [6.45, 7) is 4.33. The number of carbonyl (C=O) groups is 1. The normalized spacial score (nSPS) is 17.4. The van der Waals surface area contributed by atoms with Crippen molar-refractivity contribution in [1.82, 2.24) is 19.4 Å². The predicted octanol–water partition coefficient (Wildman–Crippen LogP) is 3.72. The van der Waals surface area contributed by atoms with Crippen LogP contribution in [0.15, 0.2) is 48.4 Å². The van der Waals surface area contributed by atoms with Gasteiger partial charge in [-0.25, -0.2) is 4.98 Å². The number of imidazole rings is 1. The van der Waals surface area contributed by atoms with Crippen molar-refractivity contribution in [2.75, 3.05) is 13.1 Å². The van der Waals surface area contributed by atoms with Gasteiger partial charge in [0, 0.05) is 43.8 Å². The molecule has 6 heteroatoms. The Balaban J connectivity index is 1.51. The van der Waals surface area contributed by atoms with Crippen LogP contribution < -0.4 is 0 Å². The van der Waals surface area contributed by atoms with Crippen molar-refractivity contribution in [2.24, 2.45) is 0 Å². The molecule has 0 radical (unpaired) electrons. The number of likely N-dealkylation sites (tertiary alicyclic amines) is 1. The zero-order valence-electron chi connectivity index (χ0n) is 14.8. The van der Waals surface area contributed by atoms with Crippen LogP contribution >= 0.6 is 11.3 Å². The maximum absolute atomic E-state index is 12.9. The summed E-state index contributed by atoms with van der Waals surface area (Å²) in [5.74, 6) is 1.50. The highest BCUT2D eigenvalue weighted by molar-refractivity contribution is 7.12. The maximum Gasteiger partial charge on any atom is 0.264 e. The minimum Gasteiger partial charge on any atom is -0.337 e. The number of hydrogen-bond acceptors (Lipinski definition) is 4. The van der Waals surface area contributed by atoms with Gasteiger partial charge in [0.25, 0.3) is 5.91 Å². The molecule has 0 bridgehead atoms. The molecule has 1 saturated heterocycles. The van der Waals surface area contributed by atoms with E-state index >= 15 is 0 Å². The Hall–Kier alpha value is -2.47. The van der Waals surface area contributed by atoms with Crippen LogP contribution in [-0.4, -0.2) is 38.4 Å². The molecule has 3 aromatic rings. The molecule has 0 spiro atoms. The zero-order valence-corrected chi connectivity index (χ0v) is 15.7. The van der Waals surface area contributed by atoms with Crippen LogP contribution in [0.25, 0.3) is 0 Å². The van der Waals surface area contributed by atoms with Crippen LogP contribution in [0.3, 0.4) is 0 Å². The van der Waals surface area contributed by atoms with E-state index < -0.39 is 0 Å². The van der Waals surface area contributed by atoms with E-state index in [-0.39, 0.29) is 11.8 Å². The monoisotopic (exact) mass is 366 g/mol. The fourth-order valence-electron chi connectivity index (χ4n) is 3.61. The van der Waals surface area contributed by atoms with Crippen LogP contribution in [0.2, 0.25) is 0 Å². The number of aryl methyl sites for hydroxylation is 1. The van der Waals surface area contributed by atoms with Gasteiger partial charge in [0.15, 0.2) is 0 Å². The molecule has 26 heavy (non-hydrogen) atoms. The number of pyridine rings is 1. The van der Waals surface area contributed by atoms with Crippen molar-refractivity contribution < 1.29 is 4.79 Å². The SMILES string of the molecule is Cc1ccsc1C(=O)N1CCC[C@@H](c2nccn2Cc2cccnc2)C1. The molecule has 0 aromatic carbocycles. The molecule has 1 fully saturated rings. The first-order valence-electron chi connectivity index (χ1n) is 8.95. The third kappa shape index (κ3) is 3.42. The average Bonchev–Trinajstić information content (AvgIpc) is 3.31. The Morgan fingerprint density at radius 1 is 1.35 bits per heavy atom. The lowest BCUT2D eigenvalue weighted by Gasteiger charge is -2.32. The van der Waals surface area contributed by atoms with E-state index in [2.05, 4.69) is 20.6 Å². The summed E-state index contributed by atoms with van der Waals surface area (Å²) in [6, 6.07) is 6.04. The Bertz CT molecular complexity index is 886. The highest BCUT2D eigenvalue weighted by Gasteiger charge is 2.29. The molecule has 0 unspecified atom stereocenters. The Kier molecular flexibility index (Phi) is 4.84. The summed E-state index contributed by atoms with van der Waals surface area (Å²) < 4.78 is 2.19. The molecule has 0 saturated carbocycles. The number of rotatable bonds is 4. The van der Waals surface area contributed by atoms with Gasteiger partial charge in [-0.2, -0.15) is 0 Å². The summed E-state index contributed by atoms with van der Waals surface area (Å²) in [5.41, 5.74) is 2.23. The van der Waals surface area contributed by atoms with E-state index in [1.54, 1.807) is 6.20 Å². The van der Waals surface area contributed by atoms with Crippen molar-refractivity contribution in [1.29, 1.82) is 0 Å². The number of piperidine rings is 1. The van der Waals surface area contributed by atoms with Gasteiger partial charge in [0.2, 0.25) is 0 Å². The lowest BCUT2D eigenvalue weighted by molar-refractivity contribution is 0.0707. The number of carbonyl (C=O) groups excluding carboxylic acids is 1. The molecule has 5 nitrogen and oxygen atoms in total. The molecule has 4 rings (SSSR count). The van der Waals surface area contributed by atoms with Gasteiger partial charge >= 0.3 is 0 Å². The van der Waals surface area contributed by atoms with Gasteiger partial charge < -0.3 is 9.47 Å². The standard InChI is InChI=1S/C20H22N4OS/c1-15-6-11-26-18(15)20(25)24-9-3-5-17(14-24)19-22-8-10-23(19)13-16-4-2-7-21-12-16/h2,4,6-8,10-12,17H,3,5,9,13-14H2,1H3/t17-/m1/s1. The molecule has 1 aliphatic rings. The highest BCUT2D eigenvalue weighted by atomic mass is 32.1.